The zero-order valence-corrected chi connectivity index (χ0v) is 14.1. The Kier molecular flexibility index (Phi) is 5.23. The molecular formula is C14H24N2O2S2. The second-order valence-corrected chi connectivity index (χ2v) is 8.67. The Balaban J connectivity index is 2.18. The van der Waals surface area contributed by atoms with Crippen LogP contribution in [0.1, 0.15) is 35.9 Å². The molecule has 6 heteroatoms. The number of nitrogens with one attached hydrogen (secondary N) is 1. The number of hydrogen-bond acceptors (Lipinski definition) is 4. The summed E-state index contributed by atoms with van der Waals surface area (Å²) in [6.07, 6.45) is 3.13. The molecule has 1 fully saturated rings. The van der Waals surface area contributed by atoms with Gasteiger partial charge in [-0.25, -0.2) is 8.42 Å². The largest absolute Gasteiger partial charge is 0.315 e. The highest BCUT2D eigenvalue weighted by molar-refractivity contribution is 7.89. The molecule has 1 aliphatic heterocycles. The summed E-state index contributed by atoms with van der Waals surface area (Å²) in [6.45, 7) is 6.13. The molecule has 114 valence electrons. The van der Waals surface area contributed by atoms with Gasteiger partial charge in [-0.1, -0.05) is 13.3 Å². The van der Waals surface area contributed by atoms with Crippen molar-refractivity contribution in [2.75, 3.05) is 20.1 Å². The molecule has 0 aromatic carbocycles. The smallest absolute Gasteiger partial charge is 0.244 e. The summed E-state index contributed by atoms with van der Waals surface area (Å²) in [5.74, 6) is 0.685. The summed E-state index contributed by atoms with van der Waals surface area (Å²) in [5, 5.41) is 3.07. The zero-order chi connectivity index (χ0) is 14.8. The van der Waals surface area contributed by atoms with E-state index in [1.165, 1.54) is 0 Å². The number of hydrogen-bond donors (Lipinski definition) is 1. The van der Waals surface area contributed by atoms with Crippen molar-refractivity contribution in [1.29, 1.82) is 0 Å². The third-order valence-electron chi connectivity index (χ3n) is 4.04. The van der Waals surface area contributed by atoms with Gasteiger partial charge < -0.3 is 5.32 Å². The minimum Gasteiger partial charge on any atom is -0.315 e. The number of sulfonamides is 1. The van der Waals surface area contributed by atoms with Gasteiger partial charge in [0.05, 0.1) is 4.90 Å². The minimum absolute atomic E-state index is 0.502. The van der Waals surface area contributed by atoms with Crippen LogP contribution in [0.25, 0.3) is 0 Å². The van der Waals surface area contributed by atoms with Crippen LogP contribution in [0, 0.1) is 12.8 Å². The predicted molar refractivity (Wildman–Crippen MR) is 83.6 cm³/mol. The molecule has 0 atom stereocenters. The lowest BCUT2D eigenvalue weighted by atomic mass is 9.96. The lowest BCUT2D eigenvalue weighted by molar-refractivity contribution is 0.269. The molecule has 0 unspecified atom stereocenters. The molecule has 0 spiro atoms. The first-order chi connectivity index (χ1) is 9.48. The standard InChI is InChI=1S/C14H24N2O2S2/c1-4-12-5-7-16(8-6-12)20(17,18)14-9-13(10-15-3)19-11(14)2/h9,12,15H,4-8,10H2,1-3H3. The van der Waals surface area contributed by atoms with Gasteiger partial charge in [0.15, 0.2) is 0 Å². The van der Waals surface area contributed by atoms with E-state index >= 15 is 0 Å². The summed E-state index contributed by atoms with van der Waals surface area (Å²) in [4.78, 5) is 2.47. The van der Waals surface area contributed by atoms with Crippen LogP contribution in [0.4, 0.5) is 0 Å². The average Bonchev–Trinajstić information content (AvgIpc) is 2.81. The van der Waals surface area contributed by atoms with Crippen molar-refractivity contribution in [3.8, 4) is 0 Å². The third kappa shape index (κ3) is 3.24. The zero-order valence-electron chi connectivity index (χ0n) is 12.5. The van der Waals surface area contributed by atoms with E-state index < -0.39 is 10.0 Å². The Morgan fingerprint density at radius 3 is 2.60 bits per heavy atom. The Morgan fingerprint density at radius 2 is 2.05 bits per heavy atom. The highest BCUT2D eigenvalue weighted by atomic mass is 32.2. The van der Waals surface area contributed by atoms with Crippen LogP contribution in [0.3, 0.4) is 0 Å². The fourth-order valence-electron chi connectivity index (χ4n) is 2.74. The van der Waals surface area contributed by atoms with E-state index in [0.29, 0.717) is 23.9 Å². The molecule has 20 heavy (non-hydrogen) atoms. The van der Waals surface area contributed by atoms with Crippen LogP contribution < -0.4 is 5.32 Å². The fraction of sp³-hybridized carbons (Fsp3) is 0.714. The van der Waals surface area contributed by atoms with Crippen molar-refractivity contribution in [2.24, 2.45) is 5.92 Å². The number of rotatable bonds is 5. The van der Waals surface area contributed by atoms with Crippen LogP contribution in [0.15, 0.2) is 11.0 Å². The van der Waals surface area contributed by atoms with Crippen LogP contribution in [-0.4, -0.2) is 32.9 Å². The second kappa shape index (κ2) is 6.56. The van der Waals surface area contributed by atoms with Gasteiger partial charge >= 0.3 is 0 Å². The van der Waals surface area contributed by atoms with Crippen molar-refractivity contribution >= 4 is 21.4 Å². The summed E-state index contributed by atoms with van der Waals surface area (Å²) in [5.41, 5.74) is 0. The van der Waals surface area contributed by atoms with E-state index in [1.807, 2.05) is 20.0 Å². The molecular weight excluding hydrogens is 292 g/mol. The second-order valence-electron chi connectivity index (χ2n) is 5.42. The highest BCUT2D eigenvalue weighted by Crippen LogP contribution is 2.31. The number of nitrogens with zero attached hydrogens (tertiary/aromatic N) is 1. The van der Waals surface area contributed by atoms with Crippen LogP contribution >= 0.6 is 11.3 Å². The Labute approximate surface area is 126 Å². The van der Waals surface area contributed by atoms with Crippen LogP contribution in [0.2, 0.25) is 0 Å². The summed E-state index contributed by atoms with van der Waals surface area (Å²) < 4.78 is 27.1. The SMILES string of the molecule is CCC1CCN(S(=O)(=O)c2cc(CNC)sc2C)CC1. The first-order valence-electron chi connectivity index (χ1n) is 7.23. The molecule has 0 bridgehead atoms. The van der Waals surface area contributed by atoms with Gasteiger partial charge in [-0.3, -0.25) is 0 Å². The van der Waals surface area contributed by atoms with Crippen molar-refractivity contribution in [3.05, 3.63) is 15.8 Å². The number of piperidine rings is 1. The maximum atomic E-state index is 12.7. The molecule has 1 aromatic heterocycles. The molecule has 0 aliphatic carbocycles. The van der Waals surface area contributed by atoms with E-state index in [0.717, 1.165) is 35.6 Å². The summed E-state index contributed by atoms with van der Waals surface area (Å²) >= 11 is 1.57. The third-order valence-corrected chi connectivity index (χ3v) is 7.25. The molecule has 2 heterocycles. The Hall–Kier alpha value is -0.430. The van der Waals surface area contributed by atoms with Crippen molar-refractivity contribution in [3.63, 3.8) is 0 Å². The van der Waals surface area contributed by atoms with Crippen molar-refractivity contribution in [2.45, 2.75) is 44.6 Å². The minimum atomic E-state index is -3.31. The number of aryl methyl sites for hydroxylation is 1. The molecule has 1 N–H and O–H groups in total. The van der Waals surface area contributed by atoms with E-state index in [9.17, 15) is 8.42 Å². The Bertz CT molecular complexity index is 544. The Morgan fingerprint density at radius 1 is 1.40 bits per heavy atom. The average molecular weight is 316 g/mol. The topological polar surface area (TPSA) is 49.4 Å². The van der Waals surface area contributed by atoms with E-state index in [4.69, 9.17) is 0 Å². The molecule has 2 rings (SSSR count). The first-order valence-corrected chi connectivity index (χ1v) is 9.48. The molecule has 4 nitrogen and oxygen atoms in total. The molecule has 1 aliphatic rings. The van der Waals surface area contributed by atoms with Crippen molar-refractivity contribution < 1.29 is 8.42 Å². The van der Waals surface area contributed by atoms with Gasteiger partial charge in [0.2, 0.25) is 10.0 Å². The van der Waals surface area contributed by atoms with E-state index in [1.54, 1.807) is 15.6 Å². The van der Waals surface area contributed by atoms with Gasteiger partial charge in [0, 0.05) is 29.4 Å². The predicted octanol–water partition coefficient (Wildman–Crippen LogP) is 2.59. The normalized spacial score (nSPS) is 18.6. The molecule has 1 saturated heterocycles. The molecule has 0 saturated carbocycles. The van der Waals surface area contributed by atoms with Crippen LogP contribution in [0.5, 0.6) is 0 Å². The molecule has 1 aromatic rings. The van der Waals surface area contributed by atoms with Gasteiger partial charge in [0.25, 0.3) is 0 Å². The van der Waals surface area contributed by atoms with Gasteiger partial charge in [0.1, 0.15) is 0 Å². The monoisotopic (exact) mass is 316 g/mol. The number of thiophene rings is 1. The van der Waals surface area contributed by atoms with Gasteiger partial charge in [-0.15, -0.1) is 11.3 Å². The van der Waals surface area contributed by atoms with Gasteiger partial charge in [-0.2, -0.15) is 4.31 Å². The maximum Gasteiger partial charge on any atom is 0.244 e. The van der Waals surface area contributed by atoms with E-state index in [2.05, 4.69) is 12.2 Å². The van der Waals surface area contributed by atoms with Crippen molar-refractivity contribution in [1.82, 2.24) is 9.62 Å². The lowest BCUT2D eigenvalue weighted by Gasteiger charge is -2.30. The first kappa shape index (κ1) is 15.9. The quantitative estimate of drug-likeness (QED) is 0.908. The lowest BCUT2D eigenvalue weighted by Crippen LogP contribution is -2.38. The summed E-state index contributed by atoms with van der Waals surface area (Å²) in [6, 6.07) is 1.83. The van der Waals surface area contributed by atoms with Gasteiger partial charge in [-0.05, 0) is 38.8 Å². The maximum absolute atomic E-state index is 12.7. The van der Waals surface area contributed by atoms with E-state index in [-0.39, 0.29) is 0 Å². The van der Waals surface area contributed by atoms with Crippen LogP contribution in [-0.2, 0) is 16.6 Å². The summed E-state index contributed by atoms with van der Waals surface area (Å²) in [7, 11) is -1.43. The fourth-order valence-corrected chi connectivity index (χ4v) is 5.82. The molecule has 0 radical (unpaired) electrons. The molecule has 0 amide bonds. The highest BCUT2D eigenvalue weighted by Gasteiger charge is 2.30.